The van der Waals surface area contributed by atoms with Crippen molar-refractivity contribution in [1.29, 1.82) is 0 Å². The third-order valence-electron chi connectivity index (χ3n) is 2.07. The fourth-order valence-corrected chi connectivity index (χ4v) is 1.87. The van der Waals surface area contributed by atoms with Crippen molar-refractivity contribution < 1.29 is 31.1 Å². The summed E-state index contributed by atoms with van der Waals surface area (Å²) >= 11 is 2.66. The number of Topliss-reactive ketones (excluding diaryl/α,β-unsaturated/α-hetero) is 1. The molecule has 8 heteroatoms. The van der Waals surface area contributed by atoms with E-state index in [9.17, 15) is 31.1 Å². The minimum atomic E-state index is -5.26. The first-order valence-electron chi connectivity index (χ1n) is 4.43. The minimum Gasteiger partial charge on any atom is -0.294 e. The van der Waals surface area contributed by atoms with Crippen molar-refractivity contribution in [2.75, 3.05) is 0 Å². The Morgan fingerprint density at radius 2 is 1.56 bits per heavy atom. The molecule has 0 N–H and O–H groups in total. The van der Waals surface area contributed by atoms with Gasteiger partial charge in [-0.1, -0.05) is 15.9 Å². The van der Waals surface area contributed by atoms with Crippen molar-refractivity contribution in [2.24, 2.45) is 0 Å². The molecule has 0 fully saturated rings. The summed E-state index contributed by atoms with van der Waals surface area (Å²) in [5, 5.41) is 0. The monoisotopic (exact) mass is 334 g/mol. The first kappa shape index (κ1) is 15.0. The van der Waals surface area contributed by atoms with Gasteiger partial charge in [0.25, 0.3) is 0 Å². The van der Waals surface area contributed by atoms with Crippen LogP contribution in [0.25, 0.3) is 0 Å². The lowest BCUT2D eigenvalue weighted by Crippen LogP contribution is -2.20. The number of rotatable bonds is 1. The molecule has 0 heterocycles. The Morgan fingerprint density at radius 3 is 1.89 bits per heavy atom. The molecule has 1 aromatic carbocycles. The van der Waals surface area contributed by atoms with Gasteiger partial charge in [0.05, 0.1) is 11.1 Å². The van der Waals surface area contributed by atoms with Crippen molar-refractivity contribution in [3.63, 3.8) is 0 Å². The van der Waals surface area contributed by atoms with Crippen molar-refractivity contribution in [3.8, 4) is 0 Å². The molecule has 0 aliphatic rings. The molecule has 0 atom stereocenters. The van der Waals surface area contributed by atoms with Crippen LogP contribution in [-0.2, 0) is 12.4 Å². The number of alkyl halides is 6. The predicted octanol–water partition coefficient (Wildman–Crippen LogP) is 4.69. The van der Waals surface area contributed by atoms with Gasteiger partial charge in [0.2, 0.25) is 0 Å². The van der Waals surface area contributed by atoms with Crippen LogP contribution >= 0.6 is 15.9 Å². The van der Waals surface area contributed by atoms with Gasteiger partial charge in [-0.2, -0.15) is 26.3 Å². The van der Waals surface area contributed by atoms with Crippen LogP contribution in [0.5, 0.6) is 0 Å². The maximum atomic E-state index is 12.7. The molecule has 18 heavy (non-hydrogen) atoms. The standard InChI is InChI=1S/C10H5BrF6O/c1-4(18)6-2-5(11)3-7(9(12,13)14)8(6)10(15,16)17/h2-3H,1H3. The molecule has 1 nitrogen and oxygen atoms in total. The first-order chi connectivity index (χ1) is 7.94. The molecule has 100 valence electrons. The van der Waals surface area contributed by atoms with Crippen LogP contribution in [0.15, 0.2) is 16.6 Å². The van der Waals surface area contributed by atoms with E-state index in [0.717, 1.165) is 13.0 Å². The van der Waals surface area contributed by atoms with Crippen molar-refractivity contribution in [2.45, 2.75) is 19.3 Å². The highest BCUT2D eigenvalue weighted by molar-refractivity contribution is 9.10. The highest BCUT2D eigenvalue weighted by Crippen LogP contribution is 2.43. The van der Waals surface area contributed by atoms with Gasteiger partial charge >= 0.3 is 12.4 Å². The van der Waals surface area contributed by atoms with Crippen LogP contribution in [0.2, 0.25) is 0 Å². The molecule has 1 aromatic rings. The molecule has 0 spiro atoms. The number of hydrogen-bond acceptors (Lipinski definition) is 1. The average Bonchev–Trinajstić information content (AvgIpc) is 2.12. The van der Waals surface area contributed by atoms with Crippen LogP contribution < -0.4 is 0 Å². The second-order valence-electron chi connectivity index (χ2n) is 3.43. The van der Waals surface area contributed by atoms with Crippen molar-refractivity contribution in [3.05, 3.63) is 33.3 Å². The topological polar surface area (TPSA) is 17.1 Å². The van der Waals surface area contributed by atoms with Crippen molar-refractivity contribution >= 4 is 21.7 Å². The number of carbonyl (C=O) groups excluding carboxylic acids is 1. The fraction of sp³-hybridized carbons (Fsp3) is 0.300. The molecule has 0 aromatic heterocycles. The summed E-state index contributed by atoms with van der Waals surface area (Å²) in [7, 11) is 0. The quantitative estimate of drug-likeness (QED) is 0.538. The Morgan fingerprint density at radius 1 is 1.06 bits per heavy atom. The number of hydrogen-bond donors (Lipinski definition) is 0. The molecule has 0 radical (unpaired) electrons. The zero-order chi connectivity index (χ0) is 14.3. The van der Waals surface area contributed by atoms with Gasteiger partial charge in [0.15, 0.2) is 5.78 Å². The Bertz CT molecular complexity index is 488. The number of halogens is 7. The smallest absolute Gasteiger partial charge is 0.294 e. The molecule has 0 aliphatic carbocycles. The van der Waals surface area contributed by atoms with E-state index in [1.807, 2.05) is 0 Å². The van der Waals surface area contributed by atoms with E-state index in [2.05, 4.69) is 15.9 Å². The maximum Gasteiger partial charge on any atom is 0.417 e. The van der Waals surface area contributed by atoms with E-state index in [1.165, 1.54) is 0 Å². The van der Waals surface area contributed by atoms with Gasteiger partial charge in [-0.15, -0.1) is 0 Å². The lowest BCUT2D eigenvalue weighted by Gasteiger charge is -2.18. The largest absolute Gasteiger partial charge is 0.417 e. The van der Waals surface area contributed by atoms with E-state index in [-0.39, 0.29) is 4.47 Å². The van der Waals surface area contributed by atoms with Gasteiger partial charge in [-0.05, 0) is 19.1 Å². The van der Waals surface area contributed by atoms with Crippen LogP contribution in [-0.4, -0.2) is 5.78 Å². The second kappa shape index (κ2) is 4.56. The Labute approximate surface area is 106 Å². The van der Waals surface area contributed by atoms with E-state index in [0.29, 0.717) is 6.07 Å². The van der Waals surface area contributed by atoms with Gasteiger partial charge in [0, 0.05) is 10.0 Å². The van der Waals surface area contributed by atoms with E-state index < -0.39 is 34.8 Å². The van der Waals surface area contributed by atoms with Crippen LogP contribution in [0.4, 0.5) is 26.3 Å². The fourth-order valence-electron chi connectivity index (χ4n) is 1.41. The molecular weight excluding hydrogens is 330 g/mol. The number of benzene rings is 1. The molecule has 0 saturated heterocycles. The highest BCUT2D eigenvalue weighted by atomic mass is 79.9. The Balaban J connectivity index is 3.76. The summed E-state index contributed by atoms with van der Waals surface area (Å²) in [6.07, 6.45) is -10.5. The molecule has 0 amide bonds. The number of carbonyl (C=O) groups is 1. The first-order valence-corrected chi connectivity index (χ1v) is 5.22. The molecule has 0 aliphatic heterocycles. The van der Waals surface area contributed by atoms with Gasteiger partial charge < -0.3 is 0 Å². The SMILES string of the molecule is CC(=O)c1cc(Br)cc(C(F)(F)F)c1C(F)(F)F. The maximum absolute atomic E-state index is 12.7. The zero-order valence-corrected chi connectivity index (χ0v) is 10.3. The summed E-state index contributed by atoms with van der Waals surface area (Å²) < 4.78 is 75.5. The van der Waals surface area contributed by atoms with Crippen molar-refractivity contribution in [1.82, 2.24) is 0 Å². The molecule has 0 saturated carbocycles. The third kappa shape index (κ3) is 3.04. The minimum absolute atomic E-state index is 0.243. The van der Waals surface area contributed by atoms with Gasteiger partial charge in [0.1, 0.15) is 0 Å². The second-order valence-corrected chi connectivity index (χ2v) is 4.34. The predicted molar refractivity (Wildman–Crippen MR) is 54.2 cm³/mol. The van der Waals surface area contributed by atoms with Crippen LogP contribution in [0, 0.1) is 0 Å². The lowest BCUT2D eigenvalue weighted by atomic mass is 9.97. The average molecular weight is 335 g/mol. The summed E-state index contributed by atoms with van der Waals surface area (Å²) in [4.78, 5) is 11.1. The van der Waals surface area contributed by atoms with E-state index in [4.69, 9.17) is 0 Å². The molecule has 0 bridgehead atoms. The Hall–Kier alpha value is -1.05. The highest BCUT2D eigenvalue weighted by Gasteiger charge is 2.45. The normalized spacial score (nSPS) is 12.7. The van der Waals surface area contributed by atoms with Crippen LogP contribution in [0.3, 0.4) is 0 Å². The molecule has 0 unspecified atom stereocenters. The van der Waals surface area contributed by atoms with Crippen LogP contribution in [0.1, 0.15) is 28.4 Å². The zero-order valence-electron chi connectivity index (χ0n) is 8.71. The Kier molecular flexibility index (Phi) is 3.81. The third-order valence-corrected chi connectivity index (χ3v) is 2.53. The summed E-state index contributed by atoms with van der Waals surface area (Å²) in [6.45, 7) is 0.775. The molecular formula is C10H5BrF6O. The van der Waals surface area contributed by atoms with Gasteiger partial charge in [-0.3, -0.25) is 4.79 Å². The summed E-state index contributed by atoms with van der Waals surface area (Å²) in [5.41, 5.74) is -4.84. The van der Waals surface area contributed by atoms with E-state index >= 15 is 0 Å². The molecule has 1 rings (SSSR count). The summed E-state index contributed by atoms with van der Waals surface area (Å²) in [5.74, 6) is -1.09. The summed E-state index contributed by atoms with van der Waals surface area (Å²) in [6, 6.07) is 1.02. The lowest BCUT2D eigenvalue weighted by molar-refractivity contribution is -0.162. The van der Waals surface area contributed by atoms with E-state index in [1.54, 1.807) is 0 Å². The number of ketones is 1. The van der Waals surface area contributed by atoms with Gasteiger partial charge in [-0.25, -0.2) is 0 Å².